The molecule has 0 spiro atoms. The number of hydrogen-bond acceptors (Lipinski definition) is 2. The molecular formula is C15H27N3. The molecule has 1 aromatic rings. The quantitative estimate of drug-likeness (QED) is 0.892. The monoisotopic (exact) mass is 249 g/mol. The number of aryl methyl sites for hydroxylation is 2. The molecule has 3 nitrogen and oxygen atoms in total. The first-order chi connectivity index (χ1) is 8.30. The summed E-state index contributed by atoms with van der Waals surface area (Å²) in [7, 11) is 2.02. The van der Waals surface area contributed by atoms with Gasteiger partial charge >= 0.3 is 0 Å². The molecule has 0 aromatic carbocycles. The van der Waals surface area contributed by atoms with Gasteiger partial charge in [-0.1, -0.05) is 20.8 Å². The van der Waals surface area contributed by atoms with Crippen LogP contribution in [-0.2, 0) is 13.6 Å². The SMILES string of the molecule is Cc1nn(C)c(C)c1CNC1CC(C)(C)CC1C. The zero-order valence-corrected chi connectivity index (χ0v) is 12.7. The minimum absolute atomic E-state index is 0.496. The van der Waals surface area contributed by atoms with Gasteiger partial charge in [0, 0.05) is 30.9 Å². The van der Waals surface area contributed by atoms with Crippen LogP contribution in [0.4, 0.5) is 0 Å². The van der Waals surface area contributed by atoms with Gasteiger partial charge in [0.05, 0.1) is 5.69 Å². The topological polar surface area (TPSA) is 29.9 Å². The lowest BCUT2D eigenvalue weighted by Gasteiger charge is -2.18. The molecule has 1 aromatic heterocycles. The fourth-order valence-electron chi connectivity index (χ4n) is 3.47. The molecule has 102 valence electrons. The molecule has 1 aliphatic carbocycles. The van der Waals surface area contributed by atoms with Gasteiger partial charge in [-0.25, -0.2) is 0 Å². The van der Waals surface area contributed by atoms with Crippen LogP contribution >= 0.6 is 0 Å². The summed E-state index contributed by atoms with van der Waals surface area (Å²) in [4.78, 5) is 0. The van der Waals surface area contributed by atoms with E-state index in [0.29, 0.717) is 11.5 Å². The highest BCUT2D eigenvalue weighted by molar-refractivity contribution is 5.24. The van der Waals surface area contributed by atoms with Crippen LogP contribution in [0.3, 0.4) is 0 Å². The average molecular weight is 249 g/mol. The lowest BCUT2D eigenvalue weighted by Crippen LogP contribution is -2.31. The van der Waals surface area contributed by atoms with Crippen molar-refractivity contribution in [3.05, 3.63) is 17.0 Å². The Morgan fingerprint density at radius 1 is 1.33 bits per heavy atom. The van der Waals surface area contributed by atoms with Gasteiger partial charge in [-0.3, -0.25) is 4.68 Å². The summed E-state index contributed by atoms with van der Waals surface area (Å²) >= 11 is 0. The summed E-state index contributed by atoms with van der Waals surface area (Å²) in [6.45, 7) is 12.3. The predicted octanol–water partition coefficient (Wildman–Crippen LogP) is 2.95. The lowest BCUT2D eigenvalue weighted by atomic mass is 9.91. The molecule has 2 rings (SSSR count). The minimum Gasteiger partial charge on any atom is -0.310 e. The molecule has 1 saturated carbocycles. The maximum Gasteiger partial charge on any atom is 0.0641 e. The van der Waals surface area contributed by atoms with Crippen molar-refractivity contribution >= 4 is 0 Å². The first kappa shape index (κ1) is 13.6. The Morgan fingerprint density at radius 3 is 2.44 bits per heavy atom. The van der Waals surface area contributed by atoms with Crippen molar-refractivity contribution in [3.63, 3.8) is 0 Å². The van der Waals surface area contributed by atoms with E-state index in [9.17, 15) is 0 Å². The second-order valence-electron chi connectivity index (χ2n) is 6.81. The fourth-order valence-corrected chi connectivity index (χ4v) is 3.47. The first-order valence-corrected chi connectivity index (χ1v) is 7.02. The average Bonchev–Trinajstić information content (AvgIpc) is 2.63. The van der Waals surface area contributed by atoms with Crippen molar-refractivity contribution in [2.45, 2.75) is 60.0 Å². The van der Waals surface area contributed by atoms with E-state index < -0.39 is 0 Å². The summed E-state index contributed by atoms with van der Waals surface area (Å²) < 4.78 is 1.98. The highest BCUT2D eigenvalue weighted by Gasteiger charge is 2.36. The van der Waals surface area contributed by atoms with Crippen molar-refractivity contribution in [3.8, 4) is 0 Å². The van der Waals surface area contributed by atoms with Crippen LogP contribution in [-0.4, -0.2) is 15.8 Å². The summed E-state index contributed by atoms with van der Waals surface area (Å²) in [5.74, 6) is 0.775. The zero-order chi connectivity index (χ0) is 13.5. The van der Waals surface area contributed by atoms with Gasteiger partial charge in [0.25, 0.3) is 0 Å². The second kappa shape index (κ2) is 4.69. The Labute approximate surface area is 111 Å². The van der Waals surface area contributed by atoms with Crippen LogP contribution in [0.2, 0.25) is 0 Å². The van der Waals surface area contributed by atoms with Crippen LogP contribution in [0.25, 0.3) is 0 Å². The van der Waals surface area contributed by atoms with E-state index in [1.807, 2.05) is 11.7 Å². The van der Waals surface area contributed by atoms with Crippen LogP contribution in [0.15, 0.2) is 0 Å². The molecule has 2 unspecified atom stereocenters. The molecule has 0 amide bonds. The van der Waals surface area contributed by atoms with Gasteiger partial charge in [0.2, 0.25) is 0 Å². The normalized spacial score (nSPS) is 26.8. The fraction of sp³-hybridized carbons (Fsp3) is 0.800. The van der Waals surface area contributed by atoms with E-state index >= 15 is 0 Å². The number of aromatic nitrogens is 2. The molecule has 0 bridgehead atoms. The number of nitrogens with zero attached hydrogens (tertiary/aromatic N) is 2. The molecule has 1 fully saturated rings. The molecule has 2 atom stereocenters. The summed E-state index contributed by atoms with van der Waals surface area (Å²) in [6.07, 6.45) is 2.61. The van der Waals surface area contributed by atoms with Gasteiger partial charge in [-0.15, -0.1) is 0 Å². The minimum atomic E-state index is 0.496. The third kappa shape index (κ3) is 2.61. The number of nitrogens with one attached hydrogen (secondary N) is 1. The standard InChI is InChI=1S/C15H27N3/c1-10-7-15(4,5)8-14(10)16-9-13-11(2)17-18(6)12(13)3/h10,14,16H,7-9H2,1-6H3. The smallest absolute Gasteiger partial charge is 0.0641 e. The Hall–Kier alpha value is -0.830. The van der Waals surface area contributed by atoms with Crippen molar-refractivity contribution in [2.24, 2.45) is 18.4 Å². The van der Waals surface area contributed by atoms with E-state index in [0.717, 1.165) is 18.2 Å². The number of rotatable bonds is 3. The third-order valence-corrected chi connectivity index (χ3v) is 4.53. The Morgan fingerprint density at radius 2 is 2.00 bits per heavy atom. The van der Waals surface area contributed by atoms with Gasteiger partial charge < -0.3 is 5.32 Å². The molecule has 0 radical (unpaired) electrons. The summed E-state index contributed by atoms with van der Waals surface area (Å²) in [6, 6.07) is 0.652. The molecular weight excluding hydrogens is 222 g/mol. The van der Waals surface area contributed by atoms with Gasteiger partial charge in [0.15, 0.2) is 0 Å². The highest BCUT2D eigenvalue weighted by Crippen LogP contribution is 2.40. The van der Waals surface area contributed by atoms with Crippen molar-refractivity contribution in [2.75, 3.05) is 0 Å². The Bertz CT molecular complexity index is 431. The molecule has 1 aliphatic rings. The summed E-state index contributed by atoms with van der Waals surface area (Å²) in [5, 5.41) is 8.23. The predicted molar refractivity (Wildman–Crippen MR) is 75.5 cm³/mol. The largest absolute Gasteiger partial charge is 0.310 e. The van der Waals surface area contributed by atoms with Crippen LogP contribution in [0.5, 0.6) is 0 Å². The maximum absolute atomic E-state index is 4.48. The second-order valence-corrected chi connectivity index (χ2v) is 6.81. The van der Waals surface area contributed by atoms with E-state index in [1.54, 1.807) is 0 Å². The van der Waals surface area contributed by atoms with Crippen molar-refractivity contribution in [1.82, 2.24) is 15.1 Å². The van der Waals surface area contributed by atoms with Crippen LogP contribution < -0.4 is 5.32 Å². The lowest BCUT2D eigenvalue weighted by molar-refractivity contribution is 0.362. The highest BCUT2D eigenvalue weighted by atomic mass is 15.3. The van der Waals surface area contributed by atoms with Crippen LogP contribution in [0.1, 0.15) is 50.6 Å². The van der Waals surface area contributed by atoms with E-state index in [1.165, 1.54) is 24.1 Å². The first-order valence-electron chi connectivity index (χ1n) is 7.02. The van der Waals surface area contributed by atoms with E-state index in [-0.39, 0.29) is 0 Å². The van der Waals surface area contributed by atoms with Gasteiger partial charge in [-0.05, 0) is 38.0 Å². The van der Waals surface area contributed by atoms with E-state index in [4.69, 9.17) is 0 Å². The summed E-state index contributed by atoms with van der Waals surface area (Å²) in [5.41, 5.74) is 4.31. The number of hydrogen-bond donors (Lipinski definition) is 1. The van der Waals surface area contributed by atoms with Crippen molar-refractivity contribution in [1.29, 1.82) is 0 Å². The Balaban J connectivity index is 2.00. The van der Waals surface area contributed by atoms with Gasteiger partial charge in [0.1, 0.15) is 0 Å². The van der Waals surface area contributed by atoms with Gasteiger partial charge in [-0.2, -0.15) is 5.10 Å². The zero-order valence-electron chi connectivity index (χ0n) is 12.7. The molecule has 0 aliphatic heterocycles. The molecule has 18 heavy (non-hydrogen) atoms. The molecule has 0 saturated heterocycles. The maximum atomic E-state index is 4.48. The Kier molecular flexibility index (Phi) is 3.54. The molecule has 1 N–H and O–H groups in total. The molecule has 1 heterocycles. The van der Waals surface area contributed by atoms with Crippen molar-refractivity contribution < 1.29 is 0 Å². The van der Waals surface area contributed by atoms with Crippen LogP contribution in [0, 0.1) is 25.2 Å². The third-order valence-electron chi connectivity index (χ3n) is 4.53. The van der Waals surface area contributed by atoms with E-state index in [2.05, 4.69) is 45.0 Å². The molecule has 3 heteroatoms.